The molecule has 1 aliphatic heterocycles. The van der Waals surface area contributed by atoms with Crippen LogP contribution in [0, 0.1) is 0 Å². The van der Waals surface area contributed by atoms with E-state index in [4.69, 9.17) is 4.74 Å². The van der Waals surface area contributed by atoms with Crippen molar-refractivity contribution in [2.24, 2.45) is 0 Å². The van der Waals surface area contributed by atoms with Crippen LogP contribution in [0.1, 0.15) is 36.0 Å². The summed E-state index contributed by atoms with van der Waals surface area (Å²) >= 11 is 0. The number of carbonyl (C=O) groups excluding carboxylic acids is 1. The second-order valence-electron chi connectivity index (χ2n) is 6.40. The van der Waals surface area contributed by atoms with Crippen molar-refractivity contribution >= 4 is 5.91 Å². The summed E-state index contributed by atoms with van der Waals surface area (Å²) in [6, 6.07) is 12.1. The number of hydrogen-bond acceptors (Lipinski definition) is 2. The second kappa shape index (κ2) is 6.20. The lowest BCUT2D eigenvalue weighted by atomic mass is 9.89. The molecule has 0 N–H and O–H groups in total. The Morgan fingerprint density at radius 3 is 2.78 bits per heavy atom. The second-order valence-corrected chi connectivity index (χ2v) is 6.40. The Hall–Kier alpha value is -2.07. The normalized spacial score (nSPS) is 24.3. The van der Waals surface area contributed by atoms with Crippen molar-refractivity contribution in [3.63, 3.8) is 0 Å². The molecular weight excluding hydrogens is 288 g/mol. The number of ether oxygens (including phenoxy) is 1. The predicted molar refractivity (Wildman–Crippen MR) is 88.8 cm³/mol. The molecule has 1 saturated heterocycles. The highest BCUT2D eigenvalue weighted by Gasteiger charge is 2.36. The predicted octanol–water partition coefficient (Wildman–Crippen LogP) is 3.26. The first-order valence-corrected chi connectivity index (χ1v) is 8.49. The van der Waals surface area contributed by atoms with Crippen LogP contribution in [0.5, 0.6) is 0 Å². The molecule has 0 spiro atoms. The zero-order chi connectivity index (χ0) is 15.6. The SMILES string of the molecule is O=C(c1cccc(-n2cccc2)c1)N1CCOC2CCCCC21. The Morgan fingerprint density at radius 1 is 1.09 bits per heavy atom. The average molecular weight is 310 g/mol. The van der Waals surface area contributed by atoms with Crippen LogP contribution < -0.4 is 0 Å². The zero-order valence-electron chi connectivity index (χ0n) is 13.2. The lowest BCUT2D eigenvalue weighted by molar-refractivity contribution is -0.0752. The van der Waals surface area contributed by atoms with Crippen molar-refractivity contribution in [2.45, 2.75) is 37.8 Å². The van der Waals surface area contributed by atoms with Gasteiger partial charge in [0.1, 0.15) is 0 Å². The van der Waals surface area contributed by atoms with E-state index in [-0.39, 0.29) is 18.1 Å². The first-order chi connectivity index (χ1) is 11.3. The summed E-state index contributed by atoms with van der Waals surface area (Å²) in [5.74, 6) is 0.138. The van der Waals surface area contributed by atoms with E-state index in [0.717, 1.165) is 24.1 Å². The molecule has 0 bridgehead atoms. The molecule has 1 saturated carbocycles. The molecule has 120 valence electrons. The summed E-state index contributed by atoms with van der Waals surface area (Å²) in [5.41, 5.74) is 1.79. The quantitative estimate of drug-likeness (QED) is 0.853. The molecule has 0 radical (unpaired) electrons. The molecule has 1 amide bonds. The Balaban J connectivity index is 1.60. The van der Waals surface area contributed by atoms with Crippen LogP contribution in [-0.4, -0.2) is 40.7 Å². The maximum absolute atomic E-state index is 13.0. The molecule has 1 aromatic carbocycles. The Morgan fingerprint density at radius 2 is 1.91 bits per heavy atom. The minimum atomic E-state index is 0.138. The maximum Gasteiger partial charge on any atom is 0.254 e. The summed E-state index contributed by atoms with van der Waals surface area (Å²) < 4.78 is 7.91. The number of hydrogen-bond donors (Lipinski definition) is 0. The van der Waals surface area contributed by atoms with Gasteiger partial charge in [-0.15, -0.1) is 0 Å². The van der Waals surface area contributed by atoms with E-state index >= 15 is 0 Å². The van der Waals surface area contributed by atoms with Crippen LogP contribution in [-0.2, 0) is 4.74 Å². The summed E-state index contributed by atoms with van der Waals surface area (Å²) in [4.78, 5) is 15.1. The zero-order valence-corrected chi connectivity index (χ0v) is 13.2. The van der Waals surface area contributed by atoms with Crippen LogP contribution in [0.3, 0.4) is 0 Å². The number of rotatable bonds is 2. The van der Waals surface area contributed by atoms with E-state index in [0.29, 0.717) is 13.2 Å². The van der Waals surface area contributed by atoms with Gasteiger partial charge in [0.2, 0.25) is 0 Å². The molecule has 2 unspecified atom stereocenters. The van der Waals surface area contributed by atoms with E-state index in [1.54, 1.807) is 0 Å². The third kappa shape index (κ3) is 2.79. The smallest absolute Gasteiger partial charge is 0.254 e. The van der Waals surface area contributed by atoms with Gasteiger partial charge in [0.25, 0.3) is 5.91 Å². The third-order valence-corrected chi connectivity index (χ3v) is 4.99. The van der Waals surface area contributed by atoms with Crippen LogP contribution in [0.15, 0.2) is 48.8 Å². The van der Waals surface area contributed by atoms with Crippen molar-refractivity contribution in [3.8, 4) is 5.69 Å². The largest absolute Gasteiger partial charge is 0.374 e. The molecule has 23 heavy (non-hydrogen) atoms. The summed E-state index contributed by atoms with van der Waals surface area (Å²) in [6.07, 6.45) is 8.77. The molecule has 2 heterocycles. The number of carbonyl (C=O) groups is 1. The fourth-order valence-electron chi connectivity index (χ4n) is 3.82. The Bertz CT molecular complexity index is 678. The van der Waals surface area contributed by atoms with Gasteiger partial charge in [0, 0.05) is 30.2 Å². The van der Waals surface area contributed by atoms with E-state index in [2.05, 4.69) is 0 Å². The first kappa shape index (κ1) is 14.5. The minimum absolute atomic E-state index is 0.138. The number of benzene rings is 1. The van der Waals surface area contributed by atoms with Gasteiger partial charge < -0.3 is 14.2 Å². The van der Waals surface area contributed by atoms with E-state index in [1.807, 2.05) is 58.3 Å². The van der Waals surface area contributed by atoms with Gasteiger partial charge in [-0.25, -0.2) is 0 Å². The van der Waals surface area contributed by atoms with E-state index < -0.39 is 0 Å². The van der Waals surface area contributed by atoms with Gasteiger partial charge in [0.15, 0.2) is 0 Å². The minimum Gasteiger partial charge on any atom is -0.374 e. The van der Waals surface area contributed by atoms with Gasteiger partial charge in [-0.1, -0.05) is 18.9 Å². The molecule has 4 rings (SSSR count). The average Bonchev–Trinajstić information content (AvgIpc) is 3.15. The number of nitrogens with zero attached hydrogens (tertiary/aromatic N) is 2. The summed E-state index contributed by atoms with van der Waals surface area (Å²) in [6.45, 7) is 1.36. The van der Waals surface area contributed by atoms with Gasteiger partial charge >= 0.3 is 0 Å². The van der Waals surface area contributed by atoms with Crippen LogP contribution in [0.2, 0.25) is 0 Å². The molecule has 1 aliphatic carbocycles. The van der Waals surface area contributed by atoms with Crippen molar-refractivity contribution in [2.75, 3.05) is 13.2 Å². The van der Waals surface area contributed by atoms with E-state index in [9.17, 15) is 4.79 Å². The Labute approximate surface area is 136 Å². The molecular formula is C19H22N2O2. The van der Waals surface area contributed by atoms with Gasteiger partial charge in [0.05, 0.1) is 18.8 Å². The fourth-order valence-corrected chi connectivity index (χ4v) is 3.82. The third-order valence-electron chi connectivity index (χ3n) is 4.99. The number of amides is 1. The standard InChI is InChI=1S/C19H22N2O2/c22-19(21-12-13-23-18-9-2-1-8-17(18)21)15-6-5-7-16(14-15)20-10-3-4-11-20/h3-7,10-11,14,17-18H,1-2,8-9,12-13H2. The van der Waals surface area contributed by atoms with Crippen LogP contribution in [0.4, 0.5) is 0 Å². The van der Waals surface area contributed by atoms with Gasteiger partial charge in [-0.2, -0.15) is 0 Å². The monoisotopic (exact) mass is 310 g/mol. The van der Waals surface area contributed by atoms with Crippen molar-refractivity contribution in [1.29, 1.82) is 0 Å². The highest BCUT2D eigenvalue weighted by Crippen LogP contribution is 2.29. The van der Waals surface area contributed by atoms with Crippen molar-refractivity contribution in [1.82, 2.24) is 9.47 Å². The summed E-state index contributed by atoms with van der Waals surface area (Å²) in [7, 11) is 0. The van der Waals surface area contributed by atoms with Crippen LogP contribution >= 0.6 is 0 Å². The number of aromatic nitrogens is 1. The summed E-state index contributed by atoms with van der Waals surface area (Å²) in [5, 5.41) is 0. The molecule has 4 nitrogen and oxygen atoms in total. The molecule has 2 atom stereocenters. The fraction of sp³-hybridized carbons (Fsp3) is 0.421. The topological polar surface area (TPSA) is 34.5 Å². The molecule has 1 aromatic heterocycles. The molecule has 2 aromatic rings. The number of fused-ring (bicyclic) bond motifs is 1. The molecule has 4 heteroatoms. The first-order valence-electron chi connectivity index (χ1n) is 8.49. The van der Waals surface area contributed by atoms with Gasteiger partial charge in [-0.3, -0.25) is 4.79 Å². The highest BCUT2D eigenvalue weighted by molar-refractivity contribution is 5.95. The highest BCUT2D eigenvalue weighted by atomic mass is 16.5. The number of morpholine rings is 1. The van der Waals surface area contributed by atoms with Crippen molar-refractivity contribution in [3.05, 3.63) is 54.4 Å². The maximum atomic E-state index is 13.0. The lowest BCUT2D eigenvalue weighted by Crippen LogP contribution is -2.54. The Kier molecular flexibility index (Phi) is 3.92. The van der Waals surface area contributed by atoms with Crippen molar-refractivity contribution < 1.29 is 9.53 Å². The van der Waals surface area contributed by atoms with Crippen LogP contribution in [0.25, 0.3) is 5.69 Å². The lowest BCUT2D eigenvalue weighted by Gasteiger charge is -2.43. The molecule has 2 aliphatic rings. The van der Waals surface area contributed by atoms with Gasteiger partial charge in [-0.05, 0) is 43.2 Å². The van der Waals surface area contributed by atoms with E-state index in [1.165, 1.54) is 12.8 Å². The molecule has 2 fully saturated rings.